The third-order valence-electron chi connectivity index (χ3n) is 2.85. The van der Waals surface area contributed by atoms with E-state index in [1.54, 1.807) is 7.11 Å². The Balaban J connectivity index is 2.13. The molecule has 2 N–H and O–H groups in total. The third-order valence-corrected chi connectivity index (χ3v) is 2.85. The fourth-order valence-electron chi connectivity index (χ4n) is 2.00. The number of benzene rings is 1. The van der Waals surface area contributed by atoms with Crippen LogP contribution in [0.4, 0.5) is 5.69 Å². The molecule has 15 heavy (non-hydrogen) atoms. The van der Waals surface area contributed by atoms with Crippen molar-refractivity contribution in [2.75, 3.05) is 19.5 Å². The molecular formula is C12H17NO2. The zero-order valence-electron chi connectivity index (χ0n) is 9.03. The molecule has 0 aromatic heterocycles. The van der Waals surface area contributed by atoms with Crippen LogP contribution in [0, 0.1) is 0 Å². The number of nitrogen functional groups attached to an aromatic ring is 1. The molecule has 3 nitrogen and oxygen atoms in total. The van der Waals surface area contributed by atoms with Crippen molar-refractivity contribution in [1.82, 2.24) is 0 Å². The molecule has 0 spiro atoms. The summed E-state index contributed by atoms with van der Waals surface area (Å²) >= 11 is 0. The quantitative estimate of drug-likeness (QED) is 0.771. The number of hydrogen-bond donors (Lipinski definition) is 1. The van der Waals surface area contributed by atoms with Crippen molar-refractivity contribution in [2.24, 2.45) is 0 Å². The minimum atomic E-state index is 0.333. The molecule has 1 aromatic rings. The number of para-hydroxylation sites is 1. The number of nitrogens with two attached hydrogens (primary N) is 1. The van der Waals surface area contributed by atoms with Crippen molar-refractivity contribution < 1.29 is 9.47 Å². The molecule has 1 atom stereocenters. The smallest absolute Gasteiger partial charge is 0.142 e. The maximum Gasteiger partial charge on any atom is 0.142 e. The van der Waals surface area contributed by atoms with Gasteiger partial charge in [0.05, 0.1) is 18.9 Å². The molecule has 0 aliphatic carbocycles. The van der Waals surface area contributed by atoms with Crippen molar-refractivity contribution >= 4 is 5.69 Å². The van der Waals surface area contributed by atoms with Gasteiger partial charge in [-0.3, -0.25) is 0 Å². The monoisotopic (exact) mass is 207 g/mol. The number of hydrogen-bond acceptors (Lipinski definition) is 3. The summed E-state index contributed by atoms with van der Waals surface area (Å²) in [4.78, 5) is 0. The Morgan fingerprint density at radius 1 is 1.53 bits per heavy atom. The summed E-state index contributed by atoms with van der Waals surface area (Å²) in [6, 6.07) is 5.90. The Morgan fingerprint density at radius 3 is 3.07 bits per heavy atom. The summed E-state index contributed by atoms with van der Waals surface area (Å²) in [5, 5.41) is 0. The Bertz CT molecular complexity index is 332. The predicted molar refractivity (Wildman–Crippen MR) is 60.1 cm³/mol. The molecule has 1 aliphatic heterocycles. The number of rotatable bonds is 3. The molecular weight excluding hydrogens is 190 g/mol. The zero-order chi connectivity index (χ0) is 10.7. The van der Waals surface area contributed by atoms with Gasteiger partial charge in [-0.05, 0) is 24.5 Å². The summed E-state index contributed by atoms with van der Waals surface area (Å²) in [6.07, 6.45) is 3.52. The van der Waals surface area contributed by atoms with Crippen LogP contribution < -0.4 is 10.5 Å². The predicted octanol–water partition coefficient (Wildman–Crippen LogP) is 2.00. The minimum absolute atomic E-state index is 0.333. The second kappa shape index (κ2) is 4.53. The lowest BCUT2D eigenvalue weighted by Gasteiger charge is -2.13. The Kier molecular flexibility index (Phi) is 3.11. The van der Waals surface area contributed by atoms with Crippen LogP contribution in [0.2, 0.25) is 0 Å². The van der Waals surface area contributed by atoms with Crippen LogP contribution in [0.1, 0.15) is 18.4 Å². The van der Waals surface area contributed by atoms with E-state index in [1.165, 1.54) is 0 Å². The second-order valence-corrected chi connectivity index (χ2v) is 3.87. The van der Waals surface area contributed by atoms with E-state index in [0.717, 1.165) is 42.9 Å². The highest BCUT2D eigenvalue weighted by atomic mass is 16.5. The standard InChI is InChI=1S/C12H17NO2/c1-14-11-6-2-4-9(12(11)13)8-10-5-3-7-15-10/h2,4,6,10H,3,5,7-8,13H2,1H3. The highest BCUT2D eigenvalue weighted by Gasteiger charge is 2.17. The van der Waals surface area contributed by atoms with Gasteiger partial charge < -0.3 is 15.2 Å². The first-order chi connectivity index (χ1) is 7.31. The molecule has 0 radical (unpaired) electrons. The SMILES string of the molecule is COc1cccc(CC2CCCO2)c1N. The minimum Gasteiger partial charge on any atom is -0.495 e. The molecule has 0 bridgehead atoms. The molecule has 3 heteroatoms. The average Bonchev–Trinajstić information content (AvgIpc) is 2.74. The zero-order valence-corrected chi connectivity index (χ0v) is 9.03. The molecule has 0 amide bonds. The van der Waals surface area contributed by atoms with Crippen molar-refractivity contribution in [1.29, 1.82) is 0 Å². The lowest BCUT2D eigenvalue weighted by Crippen LogP contribution is -2.10. The van der Waals surface area contributed by atoms with E-state index in [-0.39, 0.29) is 0 Å². The highest BCUT2D eigenvalue weighted by Crippen LogP contribution is 2.27. The summed E-state index contributed by atoms with van der Waals surface area (Å²) in [7, 11) is 1.64. The van der Waals surface area contributed by atoms with Gasteiger partial charge in [0.25, 0.3) is 0 Å². The normalized spacial score (nSPS) is 20.5. The second-order valence-electron chi connectivity index (χ2n) is 3.87. The number of ether oxygens (including phenoxy) is 2. The van der Waals surface area contributed by atoms with E-state index >= 15 is 0 Å². The van der Waals surface area contributed by atoms with Gasteiger partial charge in [0.15, 0.2) is 0 Å². The Hall–Kier alpha value is -1.22. The first-order valence-corrected chi connectivity index (χ1v) is 5.34. The van der Waals surface area contributed by atoms with Gasteiger partial charge in [-0.15, -0.1) is 0 Å². The lowest BCUT2D eigenvalue weighted by molar-refractivity contribution is 0.111. The fourth-order valence-corrected chi connectivity index (χ4v) is 2.00. The summed E-state index contributed by atoms with van der Waals surface area (Å²) in [5.41, 5.74) is 7.86. The molecule has 1 saturated heterocycles. The fraction of sp³-hybridized carbons (Fsp3) is 0.500. The van der Waals surface area contributed by atoms with E-state index < -0.39 is 0 Å². The van der Waals surface area contributed by atoms with Crippen molar-refractivity contribution in [3.8, 4) is 5.75 Å². The van der Waals surface area contributed by atoms with Crippen LogP contribution in [0.3, 0.4) is 0 Å². The van der Waals surface area contributed by atoms with E-state index in [0.29, 0.717) is 6.10 Å². The van der Waals surface area contributed by atoms with E-state index in [1.807, 2.05) is 18.2 Å². The van der Waals surface area contributed by atoms with Crippen molar-refractivity contribution in [3.05, 3.63) is 23.8 Å². The molecule has 1 fully saturated rings. The van der Waals surface area contributed by atoms with E-state index in [9.17, 15) is 0 Å². The summed E-state index contributed by atoms with van der Waals surface area (Å²) in [6.45, 7) is 0.883. The summed E-state index contributed by atoms with van der Waals surface area (Å²) < 4.78 is 10.8. The van der Waals surface area contributed by atoms with Gasteiger partial charge >= 0.3 is 0 Å². The highest BCUT2D eigenvalue weighted by molar-refractivity contribution is 5.58. The first kappa shape index (κ1) is 10.3. The van der Waals surface area contributed by atoms with Crippen LogP contribution >= 0.6 is 0 Å². The first-order valence-electron chi connectivity index (χ1n) is 5.34. The van der Waals surface area contributed by atoms with Crippen LogP contribution in [0.15, 0.2) is 18.2 Å². The van der Waals surface area contributed by atoms with Gasteiger partial charge in [0, 0.05) is 13.0 Å². The molecule has 1 aromatic carbocycles. The van der Waals surface area contributed by atoms with Gasteiger partial charge in [0.2, 0.25) is 0 Å². The van der Waals surface area contributed by atoms with Crippen LogP contribution in [-0.4, -0.2) is 19.8 Å². The van der Waals surface area contributed by atoms with Crippen LogP contribution in [0.25, 0.3) is 0 Å². The van der Waals surface area contributed by atoms with Crippen LogP contribution in [0.5, 0.6) is 5.75 Å². The molecule has 0 saturated carbocycles. The van der Waals surface area contributed by atoms with Crippen molar-refractivity contribution in [2.45, 2.75) is 25.4 Å². The third kappa shape index (κ3) is 2.23. The number of methoxy groups -OCH3 is 1. The summed E-state index contributed by atoms with van der Waals surface area (Å²) in [5.74, 6) is 0.755. The van der Waals surface area contributed by atoms with Gasteiger partial charge in [-0.25, -0.2) is 0 Å². The Labute approximate surface area is 90.2 Å². The van der Waals surface area contributed by atoms with Gasteiger partial charge in [-0.1, -0.05) is 12.1 Å². The largest absolute Gasteiger partial charge is 0.495 e. The number of anilines is 1. The topological polar surface area (TPSA) is 44.5 Å². The molecule has 1 unspecified atom stereocenters. The maximum absolute atomic E-state index is 5.99. The van der Waals surface area contributed by atoms with E-state index in [2.05, 4.69) is 0 Å². The molecule has 82 valence electrons. The maximum atomic E-state index is 5.99. The molecule has 2 rings (SSSR count). The van der Waals surface area contributed by atoms with Crippen molar-refractivity contribution in [3.63, 3.8) is 0 Å². The Morgan fingerprint density at radius 2 is 2.40 bits per heavy atom. The van der Waals surface area contributed by atoms with E-state index in [4.69, 9.17) is 15.2 Å². The molecule has 1 heterocycles. The van der Waals surface area contributed by atoms with Gasteiger partial charge in [0.1, 0.15) is 5.75 Å². The lowest BCUT2D eigenvalue weighted by atomic mass is 10.0. The van der Waals surface area contributed by atoms with Gasteiger partial charge in [-0.2, -0.15) is 0 Å². The average molecular weight is 207 g/mol. The molecule has 1 aliphatic rings. The van der Waals surface area contributed by atoms with Crippen LogP contribution in [-0.2, 0) is 11.2 Å².